The third kappa shape index (κ3) is 3.10. The first-order chi connectivity index (χ1) is 13.1. The molecule has 1 N–H and O–H groups in total. The number of aromatic nitrogens is 4. The number of carbonyl (C=O) groups excluding carboxylic acids is 1. The van der Waals surface area contributed by atoms with Gasteiger partial charge in [-0.1, -0.05) is 0 Å². The summed E-state index contributed by atoms with van der Waals surface area (Å²) in [6.45, 7) is 2.37. The lowest BCUT2D eigenvalue weighted by molar-refractivity contribution is -0.116. The molecule has 7 nitrogen and oxygen atoms in total. The van der Waals surface area contributed by atoms with Gasteiger partial charge in [0.1, 0.15) is 16.3 Å². The summed E-state index contributed by atoms with van der Waals surface area (Å²) in [4.78, 5) is 24.7. The second-order valence-corrected chi connectivity index (χ2v) is 6.91. The maximum Gasteiger partial charge on any atom is 0.272 e. The second kappa shape index (κ2) is 6.92. The lowest BCUT2D eigenvalue weighted by Crippen LogP contribution is -2.21. The molecule has 4 rings (SSSR count). The first-order valence-corrected chi connectivity index (χ1v) is 9.36. The minimum absolute atomic E-state index is 0.0806. The summed E-state index contributed by atoms with van der Waals surface area (Å²) in [5.74, 6) is 0.528. The Bertz CT molecular complexity index is 1190. The molecule has 27 heavy (non-hydrogen) atoms. The Balaban J connectivity index is 1.61. The van der Waals surface area contributed by atoms with Crippen LogP contribution in [0.1, 0.15) is 19.2 Å². The third-order valence-electron chi connectivity index (χ3n) is 4.30. The second-order valence-electron chi connectivity index (χ2n) is 5.99. The van der Waals surface area contributed by atoms with Gasteiger partial charge in [0.05, 0.1) is 5.52 Å². The number of amides is 1. The molecule has 0 saturated carbocycles. The average Bonchev–Trinajstić information content (AvgIpc) is 3.29. The zero-order valence-electron chi connectivity index (χ0n) is 14.5. The highest BCUT2D eigenvalue weighted by molar-refractivity contribution is 7.17. The van der Waals surface area contributed by atoms with E-state index in [4.69, 9.17) is 0 Å². The van der Waals surface area contributed by atoms with Gasteiger partial charge in [0.15, 0.2) is 0 Å². The van der Waals surface area contributed by atoms with Gasteiger partial charge in [0.25, 0.3) is 5.56 Å². The average molecular weight is 385 g/mol. The highest BCUT2D eigenvalue weighted by Gasteiger charge is 2.17. The Morgan fingerprint density at radius 2 is 2.00 bits per heavy atom. The summed E-state index contributed by atoms with van der Waals surface area (Å²) in [7, 11) is 0. The van der Waals surface area contributed by atoms with Gasteiger partial charge in [-0.15, -0.1) is 21.5 Å². The fraction of sp³-hybridized carbons (Fsp3) is 0.222. The topological polar surface area (TPSA) is 81.3 Å². The summed E-state index contributed by atoms with van der Waals surface area (Å²) < 4.78 is 17.0. The van der Waals surface area contributed by atoms with Crippen LogP contribution in [0.4, 0.5) is 10.1 Å². The van der Waals surface area contributed by atoms with Gasteiger partial charge in [-0.05, 0) is 42.6 Å². The maximum atomic E-state index is 12.9. The molecule has 0 aliphatic rings. The SMILES string of the molecule is CCn1c(=O)c2sccc2n2c(CCC(=O)Nc3ccc(F)cc3)nnc12. The molecule has 0 unspecified atom stereocenters. The molecule has 0 aliphatic carbocycles. The normalized spacial score (nSPS) is 11.3. The van der Waals surface area contributed by atoms with Crippen molar-refractivity contribution in [2.75, 3.05) is 5.32 Å². The lowest BCUT2D eigenvalue weighted by Gasteiger charge is -2.07. The molecule has 3 aromatic heterocycles. The number of thiophene rings is 1. The molecule has 0 spiro atoms. The Morgan fingerprint density at radius 3 is 2.74 bits per heavy atom. The largest absolute Gasteiger partial charge is 0.326 e. The van der Waals surface area contributed by atoms with Crippen LogP contribution in [0.3, 0.4) is 0 Å². The molecule has 0 atom stereocenters. The van der Waals surface area contributed by atoms with Crippen molar-refractivity contribution < 1.29 is 9.18 Å². The van der Waals surface area contributed by atoms with Gasteiger partial charge in [0, 0.05) is 25.1 Å². The number of halogens is 1. The molecule has 0 saturated heterocycles. The zero-order valence-corrected chi connectivity index (χ0v) is 15.3. The number of hydrogen-bond donors (Lipinski definition) is 1. The van der Waals surface area contributed by atoms with Crippen molar-refractivity contribution in [2.45, 2.75) is 26.3 Å². The number of fused-ring (bicyclic) bond motifs is 3. The Morgan fingerprint density at radius 1 is 1.22 bits per heavy atom. The summed E-state index contributed by atoms with van der Waals surface area (Å²) in [6, 6.07) is 7.46. The van der Waals surface area contributed by atoms with Crippen molar-refractivity contribution in [1.82, 2.24) is 19.2 Å². The van der Waals surface area contributed by atoms with E-state index in [9.17, 15) is 14.0 Å². The zero-order chi connectivity index (χ0) is 19.0. The van der Waals surface area contributed by atoms with Crippen LogP contribution in [0.2, 0.25) is 0 Å². The Kier molecular flexibility index (Phi) is 4.44. The number of hydrogen-bond acceptors (Lipinski definition) is 5. The van der Waals surface area contributed by atoms with Crippen molar-refractivity contribution in [3.63, 3.8) is 0 Å². The number of nitrogens with zero attached hydrogens (tertiary/aromatic N) is 4. The van der Waals surface area contributed by atoms with E-state index < -0.39 is 0 Å². The van der Waals surface area contributed by atoms with E-state index in [0.717, 1.165) is 5.52 Å². The van der Waals surface area contributed by atoms with Gasteiger partial charge in [0.2, 0.25) is 11.7 Å². The van der Waals surface area contributed by atoms with Crippen molar-refractivity contribution >= 4 is 38.9 Å². The standard InChI is InChI=1S/C18H16FN5O2S/c1-2-23-17(26)16-13(9-10-27-16)24-14(21-22-18(23)24)7-8-15(25)20-12-5-3-11(19)4-6-12/h3-6,9-10H,2,7-8H2,1H3,(H,20,25). The molecule has 1 aromatic carbocycles. The molecule has 138 valence electrons. The quantitative estimate of drug-likeness (QED) is 0.573. The van der Waals surface area contributed by atoms with Crippen LogP contribution in [-0.4, -0.2) is 25.1 Å². The maximum absolute atomic E-state index is 12.9. The molecular formula is C18H16FN5O2S. The number of carbonyl (C=O) groups is 1. The fourth-order valence-corrected chi connectivity index (χ4v) is 3.83. The van der Waals surface area contributed by atoms with Crippen molar-refractivity contribution in [3.05, 3.63) is 57.7 Å². The van der Waals surface area contributed by atoms with Gasteiger partial charge >= 0.3 is 0 Å². The van der Waals surface area contributed by atoms with Crippen LogP contribution in [0, 0.1) is 5.82 Å². The van der Waals surface area contributed by atoms with E-state index >= 15 is 0 Å². The molecule has 9 heteroatoms. The minimum Gasteiger partial charge on any atom is -0.326 e. The highest BCUT2D eigenvalue weighted by atomic mass is 32.1. The summed E-state index contributed by atoms with van der Waals surface area (Å²) in [5, 5.41) is 12.9. The third-order valence-corrected chi connectivity index (χ3v) is 5.19. The number of anilines is 1. The van der Waals surface area contributed by atoms with E-state index in [-0.39, 0.29) is 23.7 Å². The molecule has 0 fully saturated rings. The predicted molar refractivity (Wildman–Crippen MR) is 102 cm³/mol. The first-order valence-electron chi connectivity index (χ1n) is 8.48. The van der Waals surface area contributed by atoms with Crippen molar-refractivity contribution in [2.24, 2.45) is 0 Å². The molecule has 0 aliphatic heterocycles. The molecule has 1 amide bonds. The summed E-state index contributed by atoms with van der Waals surface area (Å²) >= 11 is 1.38. The van der Waals surface area contributed by atoms with Gasteiger partial charge in [-0.25, -0.2) is 4.39 Å². The van der Waals surface area contributed by atoms with Crippen molar-refractivity contribution in [3.8, 4) is 0 Å². The number of nitrogens with one attached hydrogen (secondary N) is 1. The lowest BCUT2D eigenvalue weighted by atomic mass is 10.2. The van der Waals surface area contributed by atoms with E-state index in [1.54, 1.807) is 4.57 Å². The van der Waals surface area contributed by atoms with Crippen LogP contribution < -0.4 is 10.9 Å². The van der Waals surface area contributed by atoms with Crippen LogP contribution in [0.25, 0.3) is 16.0 Å². The van der Waals surface area contributed by atoms with E-state index in [2.05, 4.69) is 15.5 Å². The summed E-state index contributed by atoms with van der Waals surface area (Å²) in [6.07, 6.45) is 0.552. The van der Waals surface area contributed by atoms with Crippen LogP contribution in [0.15, 0.2) is 40.5 Å². The van der Waals surface area contributed by atoms with Gasteiger partial charge in [-0.3, -0.25) is 18.6 Å². The monoisotopic (exact) mass is 385 g/mol. The molecule has 3 heterocycles. The number of benzene rings is 1. The van der Waals surface area contributed by atoms with Crippen LogP contribution in [0.5, 0.6) is 0 Å². The van der Waals surface area contributed by atoms with Crippen molar-refractivity contribution in [1.29, 1.82) is 0 Å². The van der Waals surface area contributed by atoms with E-state index in [1.807, 2.05) is 22.8 Å². The van der Waals surface area contributed by atoms with Gasteiger partial charge < -0.3 is 5.32 Å². The molecular weight excluding hydrogens is 369 g/mol. The Hall–Kier alpha value is -3.07. The number of aryl methyl sites for hydroxylation is 2. The highest BCUT2D eigenvalue weighted by Crippen LogP contribution is 2.20. The first kappa shape index (κ1) is 17.3. The van der Waals surface area contributed by atoms with Crippen LogP contribution in [-0.2, 0) is 17.8 Å². The predicted octanol–water partition coefficient (Wildman–Crippen LogP) is 2.84. The van der Waals surface area contributed by atoms with Gasteiger partial charge in [-0.2, -0.15) is 0 Å². The molecule has 0 bridgehead atoms. The smallest absolute Gasteiger partial charge is 0.272 e. The van der Waals surface area contributed by atoms with E-state index in [0.29, 0.717) is 35.0 Å². The van der Waals surface area contributed by atoms with E-state index in [1.165, 1.54) is 35.6 Å². The Labute approximate surface area is 157 Å². The molecule has 4 aromatic rings. The number of rotatable bonds is 5. The molecule has 0 radical (unpaired) electrons. The minimum atomic E-state index is -0.357. The van der Waals surface area contributed by atoms with Crippen LogP contribution >= 0.6 is 11.3 Å². The fourth-order valence-electron chi connectivity index (χ4n) is 3.01. The summed E-state index contributed by atoms with van der Waals surface area (Å²) in [5.41, 5.74) is 1.21.